The highest BCUT2D eigenvalue weighted by Gasteiger charge is 2.38. The second kappa shape index (κ2) is 15.8. The summed E-state index contributed by atoms with van der Waals surface area (Å²) in [7, 11) is 8.02. The molecule has 0 spiro atoms. The Kier molecular flexibility index (Phi) is 11.0. The van der Waals surface area contributed by atoms with Crippen molar-refractivity contribution < 1.29 is 37.2 Å². The number of fused-ring (bicyclic) bond motifs is 1. The first-order valence-electron chi connectivity index (χ1n) is 17.1. The molecule has 1 N–H and O–H groups in total. The number of nitrogens with one attached hydrogen (secondary N) is 1. The fourth-order valence-electron chi connectivity index (χ4n) is 6.37. The number of urea groups is 1. The molecule has 0 fully saturated rings. The van der Waals surface area contributed by atoms with Crippen LogP contribution in [0.1, 0.15) is 23.1 Å². The Labute approximate surface area is 314 Å². The predicted molar refractivity (Wildman–Crippen MR) is 199 cm³/mol. The van der Waals surface area contributed by atoms with E-state index >= 15 is 8.78 Å². The van der Waals surface area contributed by atoms with Gasteiger partial charge in [0.05, 0.1) is 53.5 Å². The third kappa shape index (κ3) is 8.49. The summed E-state index contributed by atoms with van der Waals surface area (Å²) < 4.78 is 43.7. The van der Waals surface area contributed by atoms with Crippen LogP contribution in [0, 0.1) is 21.7 Å². The van der Waals surface area contributed by atoms with Crippen molar-refractivity contribution in [3.8, 4) is 11.5 Å². The number of carbonyl (C=O) groups is 2. The molecule has 2 aliphatic rings. The van der Waals surface area contributed by atoms with Gasteiger partial charge in [-0.05, 0) is 28.2 Å². The van der Waals surface area contributed by atoms with Crippen LogP contribution < -0.4 is 24.6 Å². The summed E-state index contributed by atoms with van der Waals surface area (Å²) in [4.78, 5) is 53.3. The Morgan fingerprint density at radius 1 is 1.11 bits per heavy atom. The summed E-state index contributed by atoms with van der Waals surface area (Å²) in [6.07, 6.45) is 8.43. The number of nitro groups is 1. The van der Waals surface area contributed by atoms with Crippen molar-refractivity contribution in [1.29, 1.82) is 0 Å². The molecule has 286 valence electrons. The van der Waals surface area contributed by atoms with Gasteiger partial charge in [0.15, 0.2) is 34.7 Å². The van der Waals surface area contributed by atoms with Gasteiger partial charge in [0, 0.05) is 50.0 Å². The Morgan fingerprint density at radius 3 is 2.51 bits per heavy atom. The van der Waals surface area contributed by atoms with Gasteiger partial charge in [0.1, 0.15) is 24.3 Å². The van der Waals surface area contributed by atoms with E-state index in [0.717, 1.165) is 11.0 Å². The molecule has 0 aliphatic carbocycles. The first-order valence-corrected chi connectivity index (χ1v) is 17.1. The lowest BCUT2D eigenvalue weighted by Gasteiger charge is -2.36. The van der Waals surface area contributed by atoms with E-state index in [1.54, 1.807) is 54.3 Å². The molecule has 55 heavy (non-hydrogen) atoms. The molecular weight excluding hydrogens is 718 g/mol. The van der Waals surface area contributed by atoms with Crippen LogP contribution >= 0.6 is 0 Å². The maximum absolute atomic E-state index is 15.8. The number of nitrogens with zero attached hydrogens (tertiary/aromatic N) is 9. The average Bonchev–Trinajstić information content (AvgIpc) is 3.78. The zero-order valence-corrected chi connectivity index (χ0v) is 30.8. The van der Waals surface area contributed by atoms with Gasteiger partial charge in [-0.1, -0.05) is 29.3 Å². The number of amides is 2. The molecule has 2 aliphatic heterocycles. The zero-order chi connectivity index (χ0) is 39.4. The quantitative estimate of drug-likeness (QED) is 0.0745. The summed E-state index contributed by atoms with van der Waals surface area (Å²) in [5, 5.41) is 18.6. The third-order valence-corrected chi connectivity index (χ3v) is 8.93. The van der Waals surface area contributed by atoms with Crippen LogP contribution in [-0.4, -0.2) is 88.6 Å². The van der Waals surface area contributed by atoms with E-state index in [4.69, 9.17) is 9.47 Å². The number of likely N-dealkylation sites (N-methyl/N-ethyl adjacent to an activating group) is 1. The second-order valence-corrected chi connectivity index (χ2v) is 13.6. The number of aryl methyl sites for hydroxylation is 1. The van der Waals surface area contributed by atoms with Crippen molar-refractivity contribution in [2.24, 2.45) is 12.0 Å². The van der Waals surface area contributed by atoms with E-state index in [1.807, 2.05) is 14.1 Å². The van der Waals surface area contributed by atoms with E-state index in [2.05, 4.69) is 25.4 Å². The lowest BCUT2D eigenvalue weighted by Crippen LogP contribution is -2.48. The molecule has 0 unspecified atom stereocenters. The lowest BCUT2D eigenvalue weighted by atomic mass is 10.0. The van der Waals surface area contributed by atoms with Crippen molar-refractivity contribution in [1.82, 2.24) is 19.7 Å². The summed E-state index contributed by atoms with van der Waals surface area (Å²) in [5.74, 6) is -2.29. The van der Waals surface area contributed by atoms with Gasteiger partial charge >= 0.3 is 11.9 Å². The zero-order valence-electron chi connectivity index (χ0n) is 30.8. The van der Waals surface area contributed by atoms with Crippen LogP contribution in [0.5, 0.6) is 11.5 Å². The molecule has 4 heterocycles. The van der Waals surface area contributed by atoms with E-state index < -0.39 is 28.3 Å². The number of methoxy groups -OCH3 is 2. The lowest BCUT2D eigenvalue weighted by molar-refractivity contribution is -0.880. The Morgan fingerprint density at radius 2 is 1.84 bits per heavy atom. The van der Waals surface area contributed by atoms with E-state index in [-0.39, 0.29) is 54.4 Å². The largest absolute Gasteiger partial charge is 0.493 e. The van der Waals surface area contributed by atoms with E-state index in [1.165, 1.54) is 37.6 Å². The number of hydrogen-bond acceptors (Lipinski definition) is 11. The molecule has 2 aromatic heterocycles. The van der Waals surface area contributed by atoms with Gasteiger partial charge in [-0.2, -0.15) is 10.1 Å². The molecule has 4 aromatic rings. The predicted octanol–water partition coefficient (Wildman–Crippen LogP) is 5.10. The molecule has 2 amide bonds. The highest BCUT2D eigenvalue weighted by molar-refractivity contribution is 6.06. The standard InChI is InChI=1S/C37H39F2N10O6/c1-45-14-12-30(44-45)42-36-41-19-26-21-46(33-31(38)28(54-4)18-29(55-5)32(33)39)37(51)47(35(26)43-36)20-24-9-6-8-23(16-24)17-27(50)10-7-15-49(2,3)22-25-11-13-40-34(25)48(52)53/h6-10,12-14,16,18-19H,11,15,17,20-22H2,1-5H3,(H,41,42,43,44)/q+1/b10-7+. The first kappa shape index (κ1) is 38.2. The van der Waals surface area contributed by atoms with Crippen LogP contribution in [0.4, 0.5) is 36.8 Å². The molecule has 0 bridgehead atoms. The summed E-state index contributed by atoms with van der Waals surface area (Å²) >= 11 is 0. The van der Waals surface area contributed by atoms with Gasteiger partial charge in [-0.3, -0.25) is 19.3 Å². The molecule has 0 atom stereocenters. The normalized spacial score (nSPS) is 14.2. The van der Waals surface area contributed by atoms with E-state index in [9.17, 15) is 19.7 Å². The number of benzene rings is 2. The smallest absolute Gasteiger partial charge is 0.368 e. The maximum Gasteiger partial charge on any atom is 0.368 e. The van der Waals surface area contributed by atoms with Gasteiger partial charge in [0.25, 0.3) is 0 Å². The number of rotatable bonds is 15. The first-order chi connectivity index (χ1) is 26.3. The molecule has 0 saturated heterocycles. The number of aliphatic imine (C=N–C) groups is 1. The Bertz CT molecular complexity index is 2220. The number of allylic oxidation sites excluding steroid dienone is 1. The number of hydrogen-bond donors (Lipinski definition) is 1. The topological polar surface area (TPSA) is 170 Å². The van der Waals surface area contributed by atoms with Crippen LogP contribution in [0.3, 0.4) is 0 Å². The monoisotopic (exact) mass is 757 g/mol. The van der Waals surface area contributed by atoms with Crippen molar-refractivity contribution in [2.45, 2.75) is 25.9 Å². The number of halogens is 2. The molecule has 0 saturated carbocycles. The van der Waals surface area contributed by atoms with E-state index in [0.29, 0.717) is 52.1 Å². The number of carbonyl (C=O) groups excluding carboxylic acids is 2. The highest BCUT2D eigenvalue weighted by atomic mass is 19.1. The summed E-state index contributed by atoms with van der Waals surface area (Å²) in [6, 6.07) is 9.07. The fraction of sp³-hybridized carbons (Fsp3) is 0.297. The SMILES string of the molecule is COc1cc(OC)c(F)c(N2Cc3cnc(Nc4ccn(C)n4)nc3N(Cc3cccc(CC(=O)/C=C/C[N+](C)(C)CC4=C([N+](=O)[O-])N=CC4)c3)C2=O)c1F. The number of ether oxygens (including phenoxy) is 2. The fourth-order valence-corrected chi connectivity index (χ4v) is 6.37. The van der Waals surface area contributed by atoms with Crippen LogP contribution in [0.2, 0.25) is 0 Å². The Balaban J connectivity index is 1.24. The maximum atomic E-state index is 15.8. The number of aromatic nitrogens is 4. The average molecular weight is 758 g/mol. The summed E-state index contributed by atoms with van der Waals surface area (Å²) in [5.41, 5.74) is 1.66. The minimum absolute atomic E-state index is 0.0548. The van der Waals surface area contributed by atoms with Gasteiger partial charge in [-0.25, -0.2) is 18.6 Å². The van der Waals surface area contributed by atoms with Crippen molar-refractivity contribution in [3.05, 3.63) is 111 Å². The van der Waals surface area contributed by atoms with Crippen molar-refractivity contribution >= 4 is 41.3 Å². The molecule has 6 rings (SSSR count). The van der Waals surface area contributed by atoms with Crippen LogP contribution in [0.25, 0.3) is 0 Å². The van der Waals surface area contributed by atoms with Crippen molar-refractivity contribution in [3.63, 3.8) is 0 Å². The molecular formula is C37H39F2N10O6+. The minimum atomic E-state index is -1.09. The van der Waals surface area contributed by atoms with Crippen LogP contribution in [-0.2, 0) is 31.4 Å². The number of ketones is 1. The third-order valence-electron chi connectivity index (χ3n) is 8.93. The summed E-state index contributed by atoms with van der Waals surface area (Å²) in [6.45, 7) is 0.509. The molecule has 18 heteroatoms. The Hall–Kier alpha value is -6.56. The molecule has 2 aromatic carbocycles. The highest BCUT2D eigenvalue weighted by Crippen LogP contribution is 2.41. The minimum Gasteiger partial charge on any atom is -0.493 e. The number of anilines is 4. The van der Waals surface area contributed by atoms with Gasteiger partial charge < -0.3 is 29.4 Å². The molecule has 16 nitrogen and oxygen atoms in total. The van der Waals surface area contributed by atoms with Crippen LogP contribution in [0.15, 0.2) is 77.3 Å². The number of quaternary nitrogens is 1. The molecule has 0 radical (unpaired) electrons. The second-order valence-electron chi connectivity index (χ2n) is 13.6. The van der Waals surface area contributed by atoms with Crippen molar-refractivity contribution in [2.75, 3.05) is 56.5 Å². The van der Waals surface area contributed by atoms with Gasteiger partial charge in [0.2, 0.25) is 5.95 Å². The van der Waals surface area contributed by atoms with Gasteiger partial charge in [-0.15, -0.1) is 0 Å².